The van der Waals surface area contributed by atoms with E-state index in [0.717, 1.165) is 12.7 Å². The van der Waals surface area contributed by atoms with Gasteiger partial charge in [0.15, 0.2) is 34.8 Å². The Kier molecular flexibility index (Phi) is 9.01. The summed E-state index contributed by atoms with van der Waals surface area (Å²) in [6.45, 7) is -5.37. The Morgan fingerprint density at radius 3 is 2.02 bits per heavy atom. The highest BCUT2D eigenvalue weighted by molar-refractivity contribution is 8.39. The standard InChI is InChI=1S/C20H24N10O12P2S2/c21-19-25-13-7(15(34)27-19)23-3-29(13)17-11(33)9(31)6(40-17)2-39-44(37,46)42-12-10(32)5(1-38-43(36)45)41-18(12)30-4-24-8-14(30)26-20(22)28-16(8)35/h3-6,9-12,17-18,31-33H,1-2H2,(H7-,21,22,25,26,27,28,34,35,36,37,45,46)/p+1/t5-,6-,9-,10-,11-,12-,17-,18-,44?/m1/s1. The number of nitrogens with two attached hydrogens (primary N) is 2. The Morgan fingerprint density at radius 1 is 0.935 bits per heavy atom. The molecule has 2 aliphatic heterocycles. The van der Waals surface area contributed by atoms with Gasteiger partial charge >= 0.3 is 13.9 Å². The fourth-order valence-electron chi connectivity index (χ4n) is 5.04. The van der Waals surface area contributed by atoms with Crippen molar-refractivity contribution in [3.63, 3.8) is 0 Å². The van der Waals surface area contributed by atoms with Crippen LogP contribution in [0.25, 0.3) is 22.3 Å². The van der Waals surface area contributed by atoms with Gasteiger partial charge in [-0.3, -0.25) is 33.2 Å². The molecule has 0 spiro atoms. The molecule has 248 valence electrons. The number of fused-ring (bicyclic) bond motifs is 2. The quantitative estimate of drug-likeness (QED) is 0.0604. The van der Waals surface area contributed by atoms with E-state index in [2.05, 4.69) is 42.2 Å². The van der Waals surface area contributed by atoms with Crippen molar-refractivity contribution in [3.8, 4) is 0 Å². The van der Waals surface area contributed by atoms with Gasteiger partial charge in [0.25, 0.3) is 11.1 Å². The van der Waals surface area contributed by atoms with Crippen LogP contribution in [0.4, 0.5) is 11.9 Å². The number of rotatable bonds is 10. The molecule has 4 aromatic rings. The summed E-state index contributed by atoms with van der Waals surface area (Å²) in [5.74, 6) is -0.465. The molecule has 10 N–H and O–H groups in total. The maximum absolute atomic E-state index is 12.3. The molecule has 0 saturated carbocycles. The number of nitrogen functional groups attached to an aromatic ring is 2. The van der Waals surface area contributed by atoms with Crippen molar-refractivity contribution in [2.45, 2.75) is 49.1 Å². The summed E-state index contributed by atoms with van der Waals surface area (Å²) in [5, 5.41) is 32.4. The van der Waals surface area contributed by atoms with Crippen LogP contribution in [0.5, 0.6) is 0 Å². The smallest absolute Gasteiger partial charge is 0.387 e. The number of hydrogen-bond acceptors (Lipinski definition) is 18. The molecule has 0 bridgehead atoms. The number of aromatic nitrogens is 8. The molecular weight excluding hydrogens is 698 g/mol. The second-order valence-electron chi connectivity index (χ2n) is 10.0. The minimum absolute atomic E-state index is 0.0257. The van der Waals surface area contributed by atoms with Gasteiger partial charge in [0.2, 0.25) is 11.9 Å². The third-order valence-electron chi connectivity index (χ3n) is 7.11. The molecule has 2 fully saturated rings. The van der Waals surface area contributed by atoms with Crippen LogP contribution in [0, 0.1) is 0 Å². The Bertz CT molecular complexity index is 1970. The van der Waals surface area contributed by atoms with Crippen molar-refractivity contribution < 1.29 is 47.8 Å². The summed E-state index contributed by atoms with van der Waals surface area (Å²) < 4.78 is 41.5. The Labute approximate surface area is 265 Å². The van der Waals surface area contributed by atoms with Crippen molar-refractivity contribution in [1.29, 1.82) is 0 Å². The van der Waals surface area contributed by atoms with Gasteiger partial charge in [-0.15, -0.1) is 4.52 Å². The minimum Gasteiger partial charge on any atom is -0.387 e. The Hall–Kier alpha value is -2.96. The van der Waals surface area contributed by atoms with Crippen LogP contribution in [-0.4, -0.2) is 109 Å². The first-order valence-corrected chi connectivity index (χ1v) is 17.9. The zero-order valence-electron chi connectivity index (χ0n) is 22.8. The molecule has 0 aromatic carbocycles. The van der Waals surface area contributed by atoms with Crippen LogP contribution in [0.3, 0.4) is 0 Å². The number of aliphatic hydroxyl groups is 3. The fourth-order valence-corrected chi connectivity index (χ4v) is 6.93. The summed E-state index contributed by atoms with van der Waals surface area (Å²) in [4.78, 5) is 56.1. The van der Waals surface area contributed by atoms with Crippen molar-refractivity contribution in [1.82, 2.24) is 39.0 Å². The lowest BCUT2D eigenvalue weighted by molar-refractivity contribution is -0.0560. The molecule has 2 aliphatic rings. The topological polar surface area (TPSA) is 323 Å². The Balaban J connectivity index is 1.21. The molecular formula is C20H25N10O12P2S2+. The number of nitrogens with zero attached hydrogens (tertiary/aromatic N) is 6. The van der Waals surface area contributed by atoms with Crippen LogP contribution in [0.1, 0.15) is 12.5 Å². The summed E-state index contributed by atoms with van der Waals surface area (Å²) in [7, 11) is -2.38. The molecule has 4 aromatic heterocycles. The first-order valence-electron chi connectivity index (χ1n) is 13.0. The number of hydrogen-bond donors (Lipinski definition) is 9. The third kappa shape index (κ3) is 6.20. The van der Waals surface area contributed by atoms with E-state index < -0.39 is 87.4 Å². The lowest BCUT2D eigenvalue weighted by atomic mass is 10.1. The molecule has 22 nitrogen and oxygen atoms in total. The number of anilines is 2. The molecule has 0 radical (unpaired) electrons. The van der Waals surface area contributed by atoms with Gasteiger partial charge in [0.05, 0.1) is 19.3 Å². The summed E-state index contributed by atoms with van der Waals surface area (Å²) in [6, 6.07) is 0. The molecule has 0 amide bonds. The lowest BCUT2D eigenvalue weighted by Crippen LogP contribution is -2.36. The lowest BCUT2D eigenvalue weighted by Gasteiger charge is -2.27. The zero-order chi connectivity index (χ0) is 33.1. The van der Waals surface area contributed by atoms with Crippen molar-refractivity contribution in [2.24, 2.45) is 0 Å². The van der Waals surface area contributed by atoms with E-state index in [1.54, 1.807) is 0 Å². The first kappa shape index (κ1) is 33.0. The molecule has 10 atom stereocenters. The van der Waals surface area contributed by atoms with Crippen LogP contribution in [0.2, 0.25) is 0 Å². The van der Waals surface area contributed by atoms with E-state index in [4.69, 9.17) is 46.3 Å². The maximum Gasteiger partial charge on any atom is 0.582 e. The van der Waals surface area contributed by atoms with E-state index in [9.17, 15) is 34.4 Å². The van der Waals surface area contributed by atoms with E-state index in [0.29, 0.717) is 0 Å². The van der Waals surface area contributed by atoms with Crippen molar-refractivity contribution in [2.75, 3.05) is 24.7 Å². The maximum atomic E-state index is 12.3. The number of aliphatic hydroxyl groups excluding tert-OH is 3. The number of H-pyrrole nitrogens is 2. The van der Waals surface area contributed by atoms with Crippen LogP contribution < -0.4 is 22.6 Å². The molecule has 0 aliphatic carbocycles. The second kappa shape index (κ2) is 12.6. The number of ether oxygens (including phenoxy) is 2. The van der Waals surface area contributed by atoms with E-state index in [1.807, 2.05) is 0 Å². The van der Waals surface area contributed by atoms with Crippen molar-refractivity contribution in [3.05, 3.63) is 33.4 Å². The molecule has 2 saturated heterocycles. The molecule has 2 unspecified atom stereocenters. The van der Waals surface area contributed by atoms with Crippen molar-refractivity contribution >= 4 is 72.2 Å². The van der Waals surface area contributed by atoms with E-state index in [-0.39, 0.29) is 34.2 Å². The summed E-state index contributed by atoms with van der Waals surface area (Å²) in [6.07, 6.45) is -9.08. The zero-order valence-corrected chi connectivity index (χ0v) is 26.3. The average molecular weight is 724 g/mol. The molecule has 6 heterocycles. The monoisotopic (exact) mass is 723 g/mol. The highest BCUT2D eigenvalue weighted by Crippen LogP contribution is 2.50. The second-order valence-corrected chi connectivity index (χ2v) is 14.5. The predicted octanol–water partition coefficient (Wildman–Crippen LogP) is -2.48. The van der Waals surface area contributed by atoms with Gasteiger partial charge in [0, 0.05) is 0 Å². The highest BCUT2D eigenvalue weighted by Gasteiger charge is 2.50. The number of imidazole rings is 2. The highest BCUT2D eigenvalue weighted by atomic mass is 32.7. The number of aromatic amines is 2. The number of thiol groups is 1. The SMILES string of the molecule is Nc1nc2c(ncn2[C@@H]2O[C@H](COP(O)(=S)O[C@@H]3[C@H](O)[C@@H](CO[P+](=O)S)O[C@H]3n3cnc4c(=O)[nH]c(N)nc43)[C@@H](O)[C@H]2O)c(=O)[nH]1. The van der Waals surface area contributed by atoms with E-state index >= 15 is 0 Å². The van der Waals surface area contributed by atoms with Crippen LogP contribution in [0.15, 0.2) is 22.2 Å². The average Bonchev–Trinajstić information content (AvgIpc) is 3.72. The normalized spacial score (nSPS) is 29.9. The molecule has 26 heteroatoms. The largest absolute Gasteiger partial charge is 0.582 e. The van der Waals surface area contributed by atoms with Gasteiger partial charge in [-0.05, 0) is 16.4 Å². The van der Waals surface area contributed by atoms with E-state index in [1.165, 1.54) is 9.13 Å². The molecule has 46 heavy (non-hydrogen) atoms. The van der Waals surface area contributed by atoms with Crippen LogP contribution >= 0.6 is 26.2 Å². The third-order valence-corrected chi connectivity index (χ3v) is 9.38. The Morgan fingerprint density at radius 2 is 1.46 bits per heavy atom. The van der Waals surface area contributed by atoms with Gasteiger partial charge in [0.1, 0.15) is 55.5 Å². The van der Waals surface area contributed by atoms with Gasteiger partial charge in [-0.1, -0.05) is 0 Å². The number of nitrogens with one attached hydrogen (secondary N) is 2. The van der Waals surface area contributed by atoms with Gasteiger partial charge < -0.3 is 45.7 Å². The summed E-state index contributed by atoms with van der Waals surface area (Å²) >= 11 is 8.85. The molecule has 6 rings (SSSR count). The summed E-state index contributed by atoms with van der Waals surface area (Å²) in [5.41, 5.74) is 9.70. The van der Waals surface area contributed by atoms with Gasteiger partial charge in [-0.25, -0.2) is 9.97 Å². The minimum atomic E-state index is -4.33. The fraction of sp³-hybridized carbons (Fsp3) is 0.500. The first-order chi connectivity index (χ1) is 21.7. The predicted molar refractivity (Wildman–Crippen MR) is 161 cm³/mol. The van der Waals surface area contributed by atoms with Crippen LogP contribution in [-0.2, 0) is 39.4 Å². The van der Waals surface area contributed by atoms with Gasteiger partial charge in [-0.2, -0.15) is 9.97 Å².